The predicted molar refractivity (Wildman–Crippen MR) is 107 cm³/mol. The van der Waals surface area contributed by atoms with Crippen LogP contribution in [0.3, 0.4) is 0 Å². The molecule has 0 aliphatic rings. The first-order valence-corrected chi connectivity index (χ1v) is 8.81. The minimum absolute atomic E-state index is 0.0956. The molecule has 0 aliphatic heterocycles. The van der Waals surface area contributed by atoms with E-state index in [-0.39, 0.29) is 31.0 Å². The van der Waals surface area contributed by atoms with Crippen LogP contribution in [0.4, 0.5) is 5.69 Å². The summed E-state index contributed by atoms with van der Waals surface area (Å²) in [4.78, 5) is 25.1. The first-order valence-electron chi connectivity index (χ1n) is 8.81. The third-order valence-electron chi connectivity index (χ3n) is 4.47. The SMILES string of the molecule is COc1ccc(OC)c(CC(=O)Nc2cccc3c(=O)n(CCO)ccc23)c1. The van der Waals surface area contributed by atoms with Gasteiger partial charge in [0.1, 0.15) is 11.5 Å². The highest BCUT2D eigenvalue weighted by Crippen LogP contribution is 2.26. The number of aliphatic hydroxyl groups excluding tert-OH is 1. The topological polar surface area (TPSA) is 89.8 Å². The van der Waals surface area contributed by atoms with Crippen LogP contribution in [0.25, 0.3) is 10.8 Å². The molecule has 2 N–H and O–H groups in total. The molecule has 7 heteroatoms. The summed E-state index contributed by atoms with van der Waals surface area (Å²) >= 11 is 0. The lowest BCUT2D eigenvalue weighted by molar-refractivity contribution is -0.115. The molecule has 1 heterocycles. The molecule has 0 atom stereocenters. The summed E-state index contributed by atoms with van der Waals surface area (Å²) in [5.41, 5.74) is 1.04. The molecule has 0 fully saturated rings. The van der Waals surface area contributed by atoms with Crippen molar-refractivity contribution in [2.45, 2.75) is 13.0 Å². The molecule has 0 bridgehead atoms. The number of pyridine rings is 1. The van der Waals surface area contributed by atoms with Crippen molar-refractivity contribution in [3.05, 3.63) is 64.6 Å². The quantitative estimate of drug-likeness (QED) is 0.654. The van der Waals surface area contributed by atoms with Crippen molar-refractivity contribution in [2.75, 3.05) is 26.1 Å². The van der Waals surface area contributed by atoms with Crippen LogP contribution in [0.5, 0.6) is 11.5 Å². The Bertz CT molecular complexity index is 1060. The number of aromatic nitrogens is 1. The fourth-order valence-electron chi connectivity index (χ4n) is 3.10. The molecule has 0 spiro atoms. The minimum Gasteiger partial charge on any atom is -0.497 e. The molecule has 3 aromatic rings. The molecule has 1 amide bonds. The summed E-state index contributed by atoms with van der Waals surface area (Å²) in [6, 6.07) is 12.2. The molecule has 3 rings (SSSR count). The Hall–Kier alpha value is -3.32. The largest absolute Gasteiger partial charge is 0.497 e. The number of fused-ring (bicyclic) bond motifs is 1. The average molecular weight is 382 g/mol. The third-order valence-corrected chi connectivity index (χ3v) is 4.47. The number of hydrogen-bond donors (Lipinski definition) is 2. The zero-order valence-corrected chi connectivity index (χ0v) is 15.8. The monoisotopic (exact) mass is 382 g/mol. The highest BCUT2D eigenvalue weighted by atomic mass is 16.5. The lowest BCUT2D eigenvalue weighted by atomic mass is 10.1. The summed E-state index contributed by atoms with van der Waals surface area (Å²) < 4.78 is 12.0. The van der Waals surface area contributed by atoms with Gasteiger partial charge in [-0.15, -0.1) is 0 Å². The van der Waals surface area contributed by atoms with E-state index in [1.54, 1.807) is 62.9 Å². The van der Waals surface area contributed by atoms with E-state index < -0.39 is 0 Å². The van der Waals surface area contributed by atoms with Gasteiger partial charge in [-0.2, -0.15) is 0 Å². The molecule has 0 aliphatic carbocycles. The van der Waals surface area contributed by atoms with Crippen LogP contribution in [0.2, 0.25) is 0 Å². The standard InChI is InChI=1S/C21H22N2O5/c1-27-15-6-7-19(28-2)14(12-15)13-20(25)22-18-5-3-4-17-16(18)8-9-23(10-11-24)21(17)26/h3-9,12,24H,10-11,13H2,1-2H3,(H,22,25). The normalized spacial score (nSPS) is 10.7. The summed E-state index contributed by atoms with van der Waals surface area (Å²) in [7, 11) is 3.11. The lowest BCUT2D eigenvalue weighted by Crippen LogP contribution is -2.21. The molecule has 0 saturated heterocycles. The number of ether oxygens (including phenoxy) is 2. The number of benzene rings is 2. The maximum atomic E-state index is 12.6. The van der Waals surface area contributed by atoms with Crippen molar-refractivity contribution in [1.82, 2.24) is 4.57 Å². The van der Waals surface area contributed by atoms with Crippen LogP contribution in [-0.2, 0) is 17.8 Å². The Morgan fingerprint density at radius 3 is 2.64 bits per heavy atom. The van der Waals surface area contributed by atoms with E-state index in [0.717, 1.165) is 0 Å². The summed E-state index contributed by atoms with van der Waals surface area (Å²) in [5, 5.41) is 13.1. The number of hydrogen-bond acceptors (Lipinski definition) is 5. The molecule has 7 nitrogen and oxygen atoms in total. The van der Waals surface area contributed by atoms with Crippen LogP contribution in [-0.4, -0.2) is 36.4 Å². The molecule has 2 aromatic carbocycles. The fraction of sp³-hybridized carbons (Fsp3) is 0.238. The van der Waals surface area contributed by atoms with Gasteiger partial charge in [-0.3, -0.25) is 9.59 Å². The van der Waals surface area contributed by atoms with Crippen LogP contribution >= 0.6 is 0 Å². The van der Waals surface area contributed by atoms with Gasteiger partial charge in [0.2, 0.25) is 5.91 Å². The number of carbonyl (C=O) groups excluding carboxylic acids is 1. The third kappa shape index (κ3) is 3.99. The first kappa shape index (κ1) is 19.4. The van der Waals surface area contributed by atoms with Crippen LogP contribution in [0, 0.1) is 0 Å². The number of nitrogens with one attached hydrogen (secondary N) is 1. The number of anilines is 1. The number of amides is 1. The van der Waals surface area contributed by atoms with E-state index in [1.807, 2.05) is 0 Å². The van der Waals surface area contributed by atoms with Gasteiger partial charge in [0.15, 0.2) is 0 Å². The van der Waals surface area contributed by atoms with Gasteiger partial charge >= 0.3 is 0 Å². The minimum atomic E-state index is -0.237. The molecule has 28 heavy (non-hydrogen) atoms. The number of rotatable bonds is 7. The Labute approximate surface area is 162 Å². The van der Waals surface area contributed by atoms with Gasteiger partial charge in [-0.25, -0.2) is 0 Å². The molecule has 0 unspecified atom stereocenters. The predicted octanol–water partition coefficient (Wildman–Crippen LogP) is 2.19. The van der Waals surface area contributed by atoms with E-state index in [9.17, 15) is 9.59 Å². The Balaban J connectivity index is 1.88. The zero-order chi connectivity index (χ0) is 20.1. The zero-order valence-electron chi connectivity index (χ0n) is 15.8. The fourth-order valence-corrected chi connectivity index (χ4v) is 3.10. The smallest absolute Gasteiger partial charge is 0.258 e. The number of methoxy groups -OCH3 is 2. The Kier molecular flexibility index (Phi) is 5.96. The first-order chi connectivity index (χ1) is 13.6. The molecule has 146 valence electrons. The van der Waals surface area contributed by atoms with Gasteiger partial charge in [-0.1, -0.05) is 6.07 Å². The van der Waals surface area contributed by atoms with Gasteiger partial charge in [0.05, 0.1) is 27.2 Å². The number of nitrogens with zero attached hydrogens (tertiary/aromatic N) is 1. The number of aliphatic hydroxyl groups is 1. The van der Waals surface area contributed by atoms with Crippen LogP contribution < -0.4 is 20.3 Å². The lowest BCUT2D eigenvalue weighted by Gasteiger charge is -2.12. The van der Waals surface area contributed by atoms with Crippen molar-refractivity contribution < 1.29 is 19.4 Å². The van der Waals surface area contributed by atoms with E-state index in [0.29, 0.717) is 33.5 Å². The van der Waals surface area contributed by atoms with Crippen molar-refractivity contribution in [3.8, 4) is 11.5 Å². The van der Waals surface area contributed by atoms with Crippen LogP contribution in [0.1, 0.15) is 5.56 Å². The molecular weight excluding hydrogens is 360 g/mol. The van der Waals surface area contributed by atoms with Crippen LogP contribution in [0.15, 0.2) is 53.5 Å². The second-order valence-electron chi connectivity index (χ2n) is 6.21. The molecular formula is C21H22N2O5. The molecule has 0 radical (unpaired) electrons. The number of carbonyl (C=O) groups is 1. The van der Waals surface area contributed by atoms with E-state index in [4.69, 9.17) is 14.6 Å². The van der Waals surface area contributed by atoms with E-state index in [2.05, 4.69) is 5.32 Å². The Morgan fingerprint density at radius 1 is 1.11 bits per heavy atom. The van der Waals surface area contributed by atoms with Gasteiger partial charge in [0.25, 0.3) is 5.56 Å². The van der Waals surface area contributed by atoms with Gasteiger partial charge in [0, 0.05) is 34.8 Å². The van der Waals surface area contributed by atoms with Gasteiger partial charge in [-0.05, 0) is 36.4 Å². The summed E-state index contributed by atoms with van der Waals surface area (Å²) in [6.45, 7) is 0.102. The molecule has 1 aromatic heterocycles. The molecule has 0 saturated carbocycles. The van der Waals surface area contributed by atoms with Gasteiger partial charge < -0.3 is 24.5 Å². The maximum Gasteiger partial charge on any atom is 0.258 e. The maximum absolute atomic E-state index is 12.6. The summed E-state index contributed by atoms with van der Waals surface area (Å²) in [5.74, 6) is 0.998. The van der Waals surface area contributed by atoms with Crippen molar-refractivity contribution in [1.29, 1.82) is 0 Å². The second kappa shape index (κ2) is 8.58. The van der Waals surface area contributed by atoms with Crippen molar-refractivity contribution >= 4 is 22.4 Å². The Morgan fingerprint density at radius 2 is 1.93 bits per heavy atom. The highest BCUT2D eigenvalue weighted by Gasteiger charge is 2.13. The second-order valence-corrected chi connectivity index (χ2v) is 6.21. The van der Waals surface area contributed by atoms with E-state index in [1.165, 1.54) is 4.57 Å². The van der Waals surface area contributed by atoms with Crippen molar-refractivity contribution in [2.24, 2.45) is 0 Å². The summed E-state index contributed by atoms with van der Waals surface area (Å²) in [6.07, 6.45) is 1.71. The average Bonchev–Trinajstić information content (AvgIpc) is 2.70. The highest BCUT2D eigenvalue weighted by molar-refractivity contribution is 6.02. The van der Waals surface area contributed by atoms with Crippen molar-refractivity contribution in [3.63, 3.8) is 0 Å². The van der Waals surface area contributed by atoms with E-state index >= 15 is 0 Å².